The number of aromatic nitrogens is 1. The molecule has 0 fully saturated rings. The summed E-state index contributed by atoms with van der Waals surface area (Å²) in [5.74, 6) is 0. The molecule has 0 unspecified atom stereocenters. The average molecular weight is 145 g/mol. The lowest BCUT2D eigenvalue weighted by Crippen LogP contribution is -1.96. The van der Waals surface area contributed by atoms with Crippen molar-refractivity contribution >= 4 is 5.71 Å². The Hall–Kier alpha value is -1.69. The number of nitrogens with zero attached hydrogens (tertiary/aromatic N) is 2. The fourth-order valence-electron chi connectivity index (χ4n) is 0.722. The van der Waals surface area contributed by atoms with Gasteiger partial charge in [0.25, 0.3) is 0 Å². The van der Waals surface area contributed by atoms with Gasteiger partial charge in [-0.15, -0.1) is 0 Å². The number of nitriles is 1. The van der Waals surface area contributed by atoms with Gasteiger partial charge in [0, 0.05) is 18.0 Å². The number of hydrogen-bond acceptors (Lipinski definition) is 3. The van der Waals surface area contributed by atoms with Crippen molar-refractivity contribution in [3.63, 3.8) is 0 Å². The van der Waals surface area contributed by atoms with E-state index < -0.39 is 0 Å². The van der Waals surface area contributed by atoms with Crippen LogP contribution < -0.4 is 0 Å². The minimum Gasteiger partial charge on any atom is -0.304 e. The number of pyridine rings is 1. The lowest BCUT2D eigenvalue weighted by Gasteiger charge is -1.95. The van der Waals surface area contributed by atoms with E-state index in [1.54, 1.807) is 24.5 Å². The van der Waals surface area contributed by atoms with Crippen LogP contribution in [-0.4, -0.2) is 10.7 Å². The monoisotopic (exact) mass is 145 g/mol. The van der Waals surface area contributed by atoms with Crippen molar-refractivity contribution in [1.29, 1.82) is 10.7 Å². The Morgan fingerprint density at radius 3 is 3.09 bits per heavy atom. The highest BCUT2D eigenvalue weighted by atomic mass is 14.6. The van der Waals surface area contributed by atoms with Crippen molar-refractivity contribution in [2.75, 3.05) is 0 Å². The largest absolute Gasteiger partial charge is 0.304 e. The number of rotatable bonds is 2. The molecule has 1 heterocycles. The fraction of sp³-hybridized carbons (Fsp3) is 0.125. The molecule has 1 aromatic heterocycles. The molecule has 11 heavy (non-hydrogen) atoms. The summed E-state index contributed by atoms with van der Waals surface area (Å²) in [5, 5.41) is 15.7. The molecule has 0 atom stereocenters. The maximum Gasteiger partial charge on any atom is 0.0774 e. The Kier molecular flexibility index (Phi) is 2.34. The normalized spacial score (nSPS) is 8.64. The highest BCUT2D eigenvalue weighted by Crippen LogP contribution is 1.99. The average Bonchev–Trinajstić information content (AvgIpc) is 2.07. The summed E-state index contributed by atoms with van der Waals surface area (Å²) >= 11 is 0. The third-order valence-electron chi connectivity index (χ3n) is 1.27. The highest BCUT2D eigenvalue weighted by molar-refractivity contribution is 5.99. The van der Waals surface area contributed by atoms with Crippen LogP contribution in [0.3, 0.4) is 0 Å². The molecule has 0 saturated carbocycles. The van der Waals surface area contributed by atoms with Crippen molar-refractivity contribution in [1.82, 2.24) is 4.98 Å². The molecular weight excluding hydrogens is 138 g/mol. The zero-order chi connectivity index (χ0) is 8.10. The first-order valence-corrected chi connectivity index (χ1v) is 3.19. The minimum atomic E-state index is 0.145. The van der Waals surface area contributed by atoms with Crippen molar-refractivity contribution < 1.29 is 0 Å². The molecule has 54 valence electrons. The van der Waals surface area contributed by atoms with E-state index in [-0.39, 0.29) is 6.42 Å². The first-order valence-electron chi connectivity index (χ1n) is 3.19. The molecule has 0 bridgehead atoms. The zero-order valence-corrected chi connectivity index (χ0v) is 5.91. The van der Waals surface area contributed by atoms with Gasteiger partial charge >= 0.3 is 0 Å². The van der Waals surface area contributed by atoms with Crippen LogP contribution in [0.15, 0.2) is 24.5 Å². The van der Waals surface area contributed by atoms with Gasteiger partial charge in [0.15, 0.2) is 0 Å². The summed E-state index contributed by atoms with van der Waals surface area (Å²) in [5.41, 5.74) is 1.04. The standard InChI is InChI=1S/C8H7N3/c9-4-3-8(10)7-2-1-5-11-6-7/h1-2,5-6,10H,3H2. The highest BCUT2D eigenvalue weighted by Gasteiger charge is 1.97. The fourth-order valence-corrected chi connectivity index (χ4v) is 0.722. The Morgan fingerprint density at radius 1 is 1.73 bits per heavy atom. The van der Waals surface area contributed by atoms with Gasteiger partial charge in [-0.3, -0.25) is 4.98 Å². The van der Waals surface area contributed by atoms with Crippen LogP contribution in [-0.2, 0) is 0 Å². The molecule has 3 nitrogen and oxygen atoms in total. The Balaban J connectivity index is 2.79. The lowest BCUT2D eigenvalue weighted by atomic mass is 10.1. The van der Waals surface area contributed by atoms with Crippen LogP contribution in [0, 0.1) is 16.7 Å². The van der Waals surface area contributed by atoms with Gasteiger partial charge in [-0.05, 0) is 6.07 Å². The van der Waals surface area contributed by atoms with Crippen molar-refractivity contribution in [3.8, 4) is 6.07 Å². The maximum absolute atomic E-state index is 8.29. The zero-order valence-electron chi connectivity index (χ0n) is 5.91. The predicted octanol–water partition coefficient (Wildman–Crippen LogP) is 1.36. The molecule has 0 aliphatic rings. The molecule has 0 spiro atoms. The Labute approximate surface area is 64.8 Å². The van der Waals surface area contributed by atoms with E-state index in [1.165, 1.54) is 0 Å². The van der Waals surface area contributed by atoms with Crippen molar-refractivity contribution in [2.24, 2.45) is 0 Å². The number of hydrogen-bond donors (Lipinski definition) is 1. The smallest absolute Gasteiger partial charge is 0.0774 e. The van der Waals surface area contributed by atoms with E-state index in [9.17, 15) is 0 Å². The molecule has 0 radical (unpaired) electrons. The van der Waals surface area contributed by atoms with Crippen LogP contribution in [0.25, 0.3) is 0 Å². The van der Waals surface area contributed by atoms with E-state index in [4.69, 9.17) is 10.7 Å². The number of nitrogens with one attached hydrogen (secondary N) is 1. The topological polar surface area (TPSA) is 60.5 Å². The van der Waals surface area contributed by atoms with Crippen LogP contribution in [0.1, 0.15) is 12.0 Å². The predicted molar refractivity (Wildman–Crippen MR) is 41.3 cm³/mol. The first-order chi connectivity index (χ1) is 5.34. The molecule has 1 N–H and O–H groups in total. The third kappa shape index (κ3) is 1.87. The summed E-state index contributed by atoms with van der Waals surface area (Å²) in [6.45, 7) is 0. The van der Waals surface area contributed by atoms with Crippen molar-refractivity contribution in [3.05, 3.63) is 30.1 Å². The molecule has 0 aliphatic heterocycles. The van der Waals surface area contributed by atoms with Gasteiger partial charge < -0.3 is 5.41 Å². The molecule has 3 heteroatoms. The molecule has 0 aliphatic carbocycles. The van der Waals surface area contributed by atoms with Crippen LogP contribution >= 0.6 is 0 Å². The van der Waals surface area contributed by atoms with Gasteiger partial charge in [-0.1, -0.05) is 6.07 Å². The lowest BCUT2D eigenvalue weighted by molar-refractivity contribution is 1.28. The molecule has 0 aromatic carbocycles. The van der Waals surface area contributed by atoms with Crippen LogP contribution in [0.4, 0.5) is 0 Å². The second-order valence-electron chi connectivity index (χ2n) is 2.06. The maximum atomic E-state index is 8.29. The molecule has 1 aromatic rings. The Bertz CT molecular complexity index is 284. The molecule has 0 saturated heterocycles. The molecular formula is C8H7N3. The second kappa shape index (κ2) is 3.47. The van der Waals surface area contributed by atoms with E-state index in [1.807, 2.05) is 6.07 Å². The van der Waals surface area contributed by atoms with Crippen molar-refractivity contribution in [2.45, 2.75) is 6.42 Å². The Morgan fingerprint density at radius 2 is 2.55 bits per heavy atom. The van der Waals surface area contributed by atoms with Gasteiger partial charge in [-0.25, -0.2) is 0 Å². The third-order valence-corrected chi connectivity index (χ3v) is 1.27. The first kappa shape index (κ1) is 7.42. The summed E-state index contributed by atoms with van der Waals surface area (Å²) in [4.78, 5) is 3.84. The van der Waals surface area contributed by atoms with E-state index in [0.717, 1.165) is 0 Å². The van der Waals surface area contributed by atoms with Crippen LogP contribution in [0.5, 0.6) is 0 Å². The van der Waals surface area contributed by atoms with Crippen LogP contribution in [0.2, 0.25) is 0 Å². The summed E-state index contributed by atoms with van der Waals surface area (Å²) in [6, 6.07) is 5.44. The molecule has 0 amide bonds. The summed E-state index contributed by atoms with van der Waals surface area (Å²) in [7, 11) is 0. The summed E-state index contributed by atoms with van der Waals surface area (Å²) in [6.07, 6.45) is 3.37. The van der Waals surface area contributed by atoms with E-state index in [0.29, 0.717) is 11.3 Å². The SMILES string of the molecule is N#CCC(=N)c1cccnc1. The minimum absolute atomic E-state index is 0.145. The van der Waals surface area contributed by atoms with E-state index >= 15 is 0 Å². The molecule has 1 rings (SSSR count). The van der Waals surface area contributed by atoms with E-state index in [2.05, 4.69) is 4.98 Å². The van der Waals surface area contributed by atoms with Gasteiger partial charge in [0.1, 0.15) is 0 Å². The quantitative estimate of drug-likeness (QED) is 0.639. The van der Waals surface area contributed by atoms with Gasteiger partial charge in [0.05, 0.1) is 18.2 Å². The summed E-state index contributed by atoms with van der Waals surface area (Å²) < 4.78 is 0. The van der Waals surface area contributed by atoms with Gasteiger partial charge in [0.2, 0.25) is 0 Å². The second-order valence-corrected chi connectivity index (χ2v) is 2.06. The van der Waals surface area contributed by atoms with Gasteiger partial charge in [-0.2, -0.15) is 5.26 Å².